The second kappa shape index (κ2) is 7.76. The molecule has 8 heteroatoms. The second-order valence-electron chi connectivity index (χ2n) is 10.4. The van der Waals surface area contributed by atoms with E-state index in [-0.39, 0.29) is 18.4 Å². The average molecular weight is 508 g/mol. The lowest BCUT2D eigenvalue weighted by atomic mass is 9.78. The van der Waals surface area contributed by atoms with Crippen LogP contribution in [0, 0.1) is 18.3 Å². The van der Waals surface area contributed by atoms with Gasteiger partial charge < -0.3 is 24.2 Å². The molecule has 5 aromatic rings. The molecule has 0 saturated carbocycles. The van der Waals surface area contributed by atoms with Crippen LogP contribution in [-0.2, 0) is 15.9 Å². The monoisotopic (exact) mass is 507 g/mol. The van der Waals surface area contributed by atoms with Crippen LogP contribution >= 0.6 is 0 Å². The summed E-state index contributed by atoms with van der Waals surface area (Å²) in [7, 11) is 0. The molecule has 2 atom stereocenters. The molecule has 2 aromatic heterocycles. The van der Waals surface area contributed by atoms with E-state index in [0.29, 0.717) is 53.1 Å². The summed E-state index contributed by atoms with van der Waals surface area (Å²) in [6.07, 6.45) is 1.85. The first-order valence-corrected chi connectivity index (χ1v) is 12.6. The van der Waals surface area contributed by atoms with Crippen molar-refractivity contribution in [2.75, 3.05) is 6.61 Å². The van der Waals surface area contributed by atoms with E-state index in [1.54, 1.807) is 12.1 Å². The molecular weight excluding hydrogens is 482 g/mol. The first-order chi connectivity index (χ1) is 18.4. The zero-order valence-electron chi connectivity index (χ0n) is 21.0. The minimum atomic E-state index is -0.811. The zero-order chi connectivity index (χ0) is 26.2. The number of aryl methyl sites for hydroxylation is 1. The van der Waals surface area contributed by atoms with E-state index in [1.165, 1.54) is 4.57 Å². The Morgan fingerprint density at radius 2 is 1.76 bits per heavy atom. The highest BCUT2D eigenvalue weighted by atomic mass is 16.6. The van der Waals surface area contributed by atoms with Gasteiger partial charge in [0, 0.05) is 17.2 Å². The quantitative estimate of drug-likeness (QED) is 0.297. The Hall–Kier alpha value is -4.48. The van der Waals surface area contributed by atoms with Crippen molar-refractivity contribution in [2.45, 2.75) is 44.3 Å². The minimum Gasteiger partial charge on any atom is -0.494 e. The SMILES string of the molecule is Cc1cccc2c(OCC[C@@]34CC[C@@](C)(O3)c3c4c(O)n(-c4ccc(C#N)c5ccccc45)c3O)noc12. The number of hydrogen-bond acceptors (Lipinski definition) is 7. The van der Waals surface area contributed by atoms with Crippen LogP contribution in [-0.4, -0.2) is 26.5 Å². The third-order valence-corrected chi connectivity index (χ3v) is 8.20. The molecule has 1 saturated heterocycles. The Kier molecular flexibility index (Phi) is 4.64. The number of benzene rings is 3. The fourth-order valence-corrected chi connectivity index (χ4v) is 6.41. The molecule has 190 valence electrons. The molecule has 0 amide bonds. The number of para-hydroxylation sites is 1. The van der Waals surface area contributed by atoms with Gasteiger partial charge in [-0.15, -0.1) is 0 Å². The molecule has 2 aliphatic rings. The predicted octanol–water partition coefficient (Wildman–Crippen LogP) is 6.07. The average Bonchev–Trinajstić information content (AvgIpc) is 3.63. The number of nitrogens with zero attached hydrogens (tertiary/aromatic N) is 3. The van der Waals surface area contributed by atoms with E-state index in [2.05, 4.69) is 11.2 Å². The predicted molar refractivity (Wildman–Crippen MR) is 140 cm³/mol. The lowest BCUT2D eigenvalue weighted by molar-refractivity contribution is -0.0877. The summed E-state index contributed by atoms with van der Waals surface area (Å²) < 4.78 is 19.6. The van der Waals surface area contributed by atoms with Gasteiger partial charge in [-0.2, -0.15) is 5.26 Å². The van der Waals surface area contributed by atoms with Crippen molar-refractivity contribution in [3.8, 4) is 29.4 Å². The van der Waals surface area contributed by atoms with Crippen LogP contribution in [0.3, 0.4) is 0 Å². The van der Waals surface area contributed by atoms with E-state index in [0.717, 1.165) is 21.7 Å². The van der Waals surface area contributed by atoms with E-state index in [4.69, 9.17) is 14.0 Å². The molecule has 0 unspecified atom stereocenters. The number of fused-ring (bicyclic) bond motifs is 7. The fourth-order valence-electron chi connectivity index (χ4n) is 6.41. The van der Waals surface area contributed by atoms with Gasteiger partial charge in [-0.1, -0.05) is 36.4 Å². The first-order valence-electron chi connectivity index (χ1n) is 12.6. The molecule has 0 radical (unpaired) electrons. The van der Waals surface area contributed by atoms with Gasteiger partial charge in [0.05, 0.1) is 46.0 Å². The fraction of sp³-hybridized carbons (Fsp3) is 0.267. The molecule has 4 heterocycles. The number of ether oxygens (including phenoxy) is 2. The zero-order valence-corrected chi connectivity index (χ0v) is 21.0. The number of nitriles is 1. The normalized spacial score (nSPS) is 21.7. The van der Waals surface area contributed by atoms with Crippen LogP contribution in [0.1, 0.15) is 48.4 Å². The van der Waals surface area contributed by atoms with Crippen LogP contribution in [0.15, 0.2) is 59.1 Å². The molecule has 2 aliphatic heterocycles. The molecule has 0 spiro atoms. The van der Waals surface area contributed by atoms with E-state index in [1.807, 2.05) is 56.3 Å². The van der Waals surface area contributed by atoms with Crippen molar-refractivity contribution in [3.05, 3.63) is 76.9 Å². The van der Waals surface area contributed by atoms with Crippen molar-refractivity contribution in [1.82, 2.24) is 9.72 Å². The summed E-state index contributed by atoms with van der Waals surface area (Å²) in [6, 6.07) is 19.0. The van der Waals surface area contributed by atoms with Crippen molar-refractivity contribution >= 4 is 21.7 Å². The van der Waals surface area contributed by atoms with Crippen LogP contribution in [0.2, 0.25) is 0 Å². The second-order valence-corrected chi connectivity index (χ2v) is 10.4. The van der Waals surface area contributed by atoms with Crippen molar-refractivity contribution in [2.24, 2.45) is 0 Å². The lowest BCUT2D eigenvalue weighted by Crippen LogP contribution is -2.25. The molecule has 2 N–H and O–H groups in total. The van der Waals surface area contributed by atoms with Crippen LogP contribution < -0.4 is 4.74 Å². The van der Waals surface area contributed by atoms with Gasteiger partial charge in [0.2, 0.25) is 11.8 Å². The maximum absolute atomic E-state index is 11.6. The summed E-state index contributed by atoms with van der Waals surface area (Å²) in [5.74, 6) is 0.321. The van der Waals surface area contributed by atoms with Gasteiger partial charge in [-0.05, 0) is 55.6 Å². The van der Waals surface area contributed by atoms with E-state index < -0.39 is 11.2 Å². The summed E-state index contributed by atoms with van der Waals surface area (Å²) in [5, 5.41) is 39.1. The van der Waals surface area contributed by atoms with Crippen molar-refractivity contribution < 1.29 is 24.2 Å². The van der Waals surface area contributed by atoms with Gasteiger partial charge in [-0.3, -0.25) is 4.57 Å². The Morgan fingerprint density at radius 1 is 1.00 bits per heavy atom. The Balaban J connectivity index is 1.28. The van der Waals surface area contributed by atoms with Crippen molar-refractivity contribution in [1.29, 1.82) is 5.26 Å². The Bertz CT molecular complexity index is 1810. The minimum absolute atomic E-state index is 0.0460. The summed E-state index contributed by atoms with van der Waals surface area (Å²) >= 11 is 0. The number of rotatable bonds is 5. The molecule has 1 fully saturated rings. The van der Waals surface area contributed by atoms with Gasteiger partial charge in [0.15, 0.2) is 5.58 Å². The molecule has 3 aromatic carbocycles. The first kappa shape index (κ1) is 22.7. The van der Waals surface area contributed by atoms with Crippen LogP contribution in [0.4, 0.5) is 0 Å². The highest BCUT2D eigenvalue weighted by Gasteiger charge is 2.61. The maximum Gasteiger partial charge on any atom is 0.262 e. The number of hydrogen-bond donors (Lipinski definition) is 2. The summed E-state index contributed by atoms with van der Waals surface area (Å²) in [5.41, 5.74) is 2.47. The van der Waals surface area contributed by atoms with Gasteiger partial charge in [-0.25, -0.2) is 0 Å². The summed E-state index contributed by atoms with van der Waals surface area (Å²) in [6.45, 7) is 4.20. The molecule has 38 heavy (non-hydrogen) atoms. The van der Waals surface area contributed by atoms with Crippen molar-refractivity contribution in [3.63, 3.8) is 0 Å². The van der Waals surface area contributed by atoms with Gasteiger partial charge in [0.25, 0.3) is 5.88 Å². The Labute approximate surface area is 218 Å². The third kappa shape index (κ3) is 2.91. The number of aromatic hydroxyl groups is 2. The van der Waals surface area contributed by atoms with Crippen LogP contribution in [0.25, 0.3) is 27.4 Å². The molecule has 2 bridgehead atoms. The lowest BCUT2D eigenvalue weighted by Gasteiger charge is -2.26. The highest BCUT2D eigenvalue weighted by Crippen LogP contribution is 2.65. The van der Waals surface area contributed by atoms with Gasteiger partial charge >= 0.3 is 0 Å². The topological polar surface area (TPSA) is 114 Å². The Morgan fingerprint density at radius 3 is 2.58 bits per heavy atom. The molecule has 0 aliphatic carbocycles. The molecule has 7 rings (SSSR count). The van der Waals surface area contributed by atoms with E-state index >= 15 is 0 Å². The molecular formula is C30H25N3O5. The van der Waals surface area contributed by atoms with E-state index in [9.17, 15) is 15.5 Å². The maximum atomic E-state index is 11.6. The van der Waals surface area contributed by atoms with Crippen LogP contribution in [0.5, 0.6) is 17.6 Å². The van der Waals surface area contributed by atoms with Gasteiger partial charge in [0.1, 0.15) is 5.60 Å². The standard InChI is InChI=1S/C30H25N3O5/c1-17-6-5-9-21-25(17)37-32-26(21)36-15-14-30-13-12-29(2,38-30)23-24(30)28(35)33(27(23)34)22-11-10-18(16-31)19-7-3-4-8-20(19)22/h3-11,34-35H,12-15H2,1-2H3/t29-,30-/m1/s1. The molecule has 8 nitrogen and oxygen atoms in total. The number of aromatic nitrogens is 2. The summed E-state index contributed by atoms with van der Waals surface area (Å²) in [4.78, 5) is 0. The highest BCUT2D eigenvalue weighted by molar-refractivity contribution is 5.95. The third-order valence-electron chi connectivity index (χ3n) is 8.20. The largest absolute Gasteiger partial charge is 0.494 e. The smallest absolute Gasteiger partial charge is 0.262 e.